The molecule has 0 unspecified atom stereocenters. The van der Waals surface area contributed by atoms with Gasteiger partial charge in [-0.15, -0.1) is 0 Å². The number of carbonyl (C=O) groups is 1. The summed E-state index contributed by atoms with van der Waals surface area (Å²) in [6.45, 7) is 0.509. The second kappa shape index (κ2) is 5.43. The first kappa shape index (κ1) is 12.8. The summed E-state index contributed by atoms with van der Waals surface area (Å²) >= 11 is 5.29. The summed E-state index contributed by atoms with van der Waals surface area (Å²) in [5, 5.41) is 3.59. The standard InChI is InChI=1S/C16H14N2OS/c19-15-14(13-9-5-2-6-10-13)17-16(20)18(15)11-12-7-3-1-4-8-12/h1-10,14H,11H2,(H,17,20)/t14-/m0/s1. The zero-order valence-corrected chi connectivity index (χ0v) is 11.6. The lowest BCUT2D eigenvalue weighted by Gasteiger charge is -2.14. The van der Waals surface area contributed by atoms with Crippen molar-refractivity contribution >= 4 is 23.2 Å². The molecule has 100 valence electrons. The molecule has 0 bridgehead atoms. The average molecular weight is 282 g/mol. The molecular weight excluding hydrogens is 268 g/mol. The van der Waals surface area contributed by atoms with E-state index in [1.54, 1.807) is 4.90 Å². The van der Waals surface area contributed by atoms with Crippen LogP contribution in [0.25, 0.3) is 0 Å². The number of amides is 1. The fraction of sp³-hybridized carbons (Fsp3) is 0.125. The summed E-state index contributed by atoms with van der Waals surface area (Å²) in [6.07, 6.45) is 0. The number of thiocarbonyl (C=S) groups is 1. The maximum Gasteiger partial charge on any atom is 0.256 e. The summed E-state index contributed by atoms with van der Waals surface area (Å²) in [5.41, 5.74) is 2.01. The highest BCUT2D eigenvalue weighted by molar-refractivity contribution is 7.80. The zero-order valence-electron chi connectivity index (χ0n) is 10.8. The Kier molecular flexibility index (Phi) is 3.48. The molecule has 3 nitrogen and oxygen atoms in total. The van der Waals surface area contributed by atoms with E-state index in [1.165, 1.54) is 0 Å². The predicted octanol–water partition coefficient (Wildman–Crippen LogP) is 2.64. The van der Waals surface area contributed by atoms with E-state index in [4.69, 9.17) is 12.2 Å². The zero-order chi connectivity index (χ0) is 13.9. The monoisotopic (exact) mass is 282 g/mol. The lowest BCUT2D eigenvalue weighted by atomic mass is 10.1. The van der Waals surface area contributed by atoms with Gasteiger partial charge >= 0.3 is 0 Å². The number of rotatable bonds is 3. The number of nitrogens with one attached hydrogen (secondary N) is 1. The van der Waals surface area contributed by atoms with E-state index in [0.29, 0.717) is 11.7 Å². The van der Waals surface area contributed by atoms with Gasteiger partial charge in [0.25, 0.3) is 5.91 Å². The molecule has 1 N–H and O–H groups in total. The van der Waals surface area contributed by atoms with Crippen LogP contribution in [0.4, 0.5) is 0 Å². The molecule has 0 saturated carbocycles. The maximum absolute atomic E-state index is 12.5. The SMILES string of the molecule is O=C1[C@H](c2ccccc2)NC(=S)N1Cc1ccccc1. The van der Waals surface area contributed by atoms with Crippen LogP contribution < -0.4 is 5.32 Å². The number of hydrogen-bond acceptors (Lipinski definition) is 2. The Labute approximate surface area is 123 Å². The van der Waals surface area contributed by atoms with E-state index in [0.717, 1.165) is 11.1 Å². The first-order valence-corrected chi connectivity index (χ1v) is 6.87. The number of carbonyl (C=O) groups excluding carboxylic acids is 1. The Morgan fingerprint density at radius 3 is 2.25 bits per heavy atom. The second-order valence-corrected chi connectivity index (χ2v) is 5.09. The van der Waals surface area contributed by atoms with Crippen molar-refractivity contribution in [3.05, 3.63) is 71.8 Å². The quantitative estimate of drug-likeness (QED) is 0.878. The Balaban J connectivity index is 1.81. The third kappa shape index (κ3) is 2.42. The van der Waals surface area contributed by atoms with Crippen LogP contribution in [-0.2, 0) is 11.3 Å². The van der Waals surface area contributed by atoms with Crippen LogP contribution in [0.1, 0.15) is 17.2 Å². The Morgan fingerprint density at radius 2 is 1.60 bits per heavy atom. The van der Waals surface area contributed by atoms with Crippen molar-refractivity contribution in [1.82, 2.24) is 10.2 Å². The van der Waals surface area contributed by atoms with Crippen LogP contribution in [0.5, 0.6) is 0 Å². The molecule has 1 saturated heterocycles. The largest absolute Gasteiger partial charge is 0.347 e. The van der Waals surface area contributed by atoms with E-state index in [2.05, 4.69) is 5.32 Å². The van der Waals surface area contributed by atoms with E-state index in [1.807, 2.05) is 60.7 Å². The number of benzene rings is 2. The van der Waals surface area contributed by atoms with Crippen molar-refractivity contribution in [3.8, 4) is 0 Å². The van der Waals surface area contributed by atoms with Gasteiger partial charge in [-0.2, -0.15) is 0 Å². The maximum atomic E-state index is 12.5. The summed E-state index contributed by atoms with van der Waals surface area (Å²) in [7, 11) is 0. The van der Waals surface area contributed by atoms with Crippen LogP contribution in [0.3, 0.4) is 0 Å². The molecule has 1 atom stereocenters. The molecule has 0 spiro atoms. The molecule has 3 rings (SSSR count). The van der Waals surface area contributed by atoms with Gasteiger partial charge in [-0.1, -0.05) is 60.7 Å². The fourth-order valence-corrected chi connectivity index (χ4v) is 2.58. The molecule has 0 aliphatic carbocycles. The van der Waals surface area contributed by atoms with Gasteiger partial charge in [-0.25, -0.2) is 0 Å². The van der Waals surface area contributed by atoms with Crippen LogP contribution in [0.15, 0.2) is 60.7 Å². The van der Waals surface area contributed by atoms with E-state index < -0.39 is 0 Å². The van der Waals surface area contributed by atoms with Crippen molar-refractivity contribution in [2.24, 2.45) is 0 Å². The topological polar surface area (TPSA) is 32.3 Å². The summed E-state index contributed by atoms with van der Waals surface area (Å²) in [5.74, 6) is 0.00468. The smallest absolute Gasteiger partial charge is 0.256 e. The molecule has 1 amide bonds. The van der Waals surface area contributed by atoms with Gasteiger partial charge in [-0.3, -0.25) is 9.69 Å². The number of hydrogen-bond donors (Lipinski definition) is 1. The molecule has 1 heterocycles. The van der Waals surface area contributed by atoms with Crippen LogP contribution >= 0.6 is 12.2 Å². The van der Waals surface area contributed by atoms with Gasteiger partial charge in [0.15, 0.2) is 5.11 Å². The summed E-state index contributed by atoms with van der Waals surface area (Å²) < 4.78 is 0. The molecule has 1 aliphatic rings. The molecule has 1 aliphatic heterocycles. The third-order valence-electron chi connectivity index (χ3n) is 3.34. The second-order valence-electron chi connectivity index (χ2n) is 4.70. The highest BCUT2D eigenvalue weighted by atomic mass is 32.1. The summed E-state index contributed by atoms with van der Waals surface area (Å²) in [6, 6.07) is 19.1. The van der Waals surface area contributed by atoms with Gasteiger partial charge < -0.3 is 5.32 Å². The first-order valence-electron chi connectivity index (χ1n) is 6.46. The first-order chi connectivity index (χ1) is 9.75. The van der Waals surface area contributed by atoms with Crippen molar-refractivity contribution < 1.29 is 4.79 Å². The van der Waals surface area contributed by atoms with Gasteiger partial charge in [-0.05, 0) is 23.3 Å². The highest BCUT2D eigenvalue weighted by Gasteiger charge is 2.36. The van der Waals surface area contributed by atoms with Crippen LogP contribution in [-0.4, -0.2) is 15.9 Å². The minimum atomic E-state index is -0.368. The van der Waals surface area contributed by atoms with Crippen molar-refractivity contribution in [2.75, 3.05) is 0 Å². The predicted molar refractivity (Wildman–Crippen MR) is 81.9 cm³/mol. The fourth-order valence-electron chi connectivity index (χ4n) is 2.31. The lowest BCUT2D eigenvalue weighted by Crippen LogP contribution is -2.30. The Hall–Kier alpha value is -2.20. The van der Waals surface area contributed by atoms with Crippen molar-refractivity contribution in [2.45, 2.75) is 12.6 Å². The summed E-state index contributed by atoms with van der Waals surface area (Å²) in [4.78, 5) is 14.1. The molecule has 1 fully saturated rings. The van der Waals surface area contributed by atoms with Gasteiger partial charge in [0.05, 0.1) is 6.54 Å². The Bertz CT molecular complexity index is 627. The minimum Gasteiger partial charge on any atom is -0.347 e. The average Bonchev–Trinajstić information content (AvgIpc) is 2.77. The normalized spacial score (nSPS) is 18.2. The van der Waals surface area contributed by atoms with E-state index in [9.17, 15) is 4.79 Å². The minimum absolute atomic E-state index is 0.00468. The number of nitrogens with zero attached hydrogens (tertiary/aromatic N) is 1. The molecule has 20 heavy (non-hydrogen) atoms. The van der Waals surface area contributed by atoms with Gasteiger partial charge in [0, 0.05) is 0 Å². The van der Waals surface area contributed by atoms with Gasteiger partial charge in [0.2, 0.25) is 0 Å². The molecule has 0 aromatic heterocycles. The third-order valence-corrected chi connectivity index (χ3v) is 3.68. The van der Waals surface area contributed by atoms with Gasteiger partial charge in [0.1, 0.15) is 6.04 Å². The highest BCUT2D eigenvalue weighted by Crippen LogP contribution is 2.23. The van der Waals surface area contributed by atoms with Crippen LogP contribution in [0.2, 0.25) is 0 Å². The Morgan fingerprint density at radius 1 is 1.00 bits per heavy atom. The van der Waals surface area contributed by atoms with E-state index >= 15 is 0 Å². The van der Waals surface area contributed by atoms with Crippen molar-refractivity contribution in [3.63, 3.8) is 0 Å². The van der Waals surface area contributed by atoms with E-state index in [-0.39, 0.29) is 11.9 Å². The van der Waals surface area contributed by atoms with Crippen LogP contribution in [0, 0.1) is 0 Å². The molecular formula is C16H14N2OS. The van der Waals surface area contributed by atoms with Crippen molar-refractivity contribution in [1.29, 1.82) is 0 Å². The molecule has 2 aromatic rings. The molecule has 0 radical (unpaired) electrons. The molecule has 2 aromatic carbocycles. The lowest BCUT2D eigenvalue weighted by molar-refractivity contribution is -0.127. The molecule has 4 heteroatoms.